The Bertz CT molecular complexity index is 891. The lowest BCUT2D eigenvalue weighted by atomic mass is 10.2. The molecule has 0 saturated carbocycles. The minimum absolute atomic E-state index is 0.0657. The zero-order valence-corrected chi connectivity index (χ0v) is 19.0. The first-order valence-electron chi connectivity index (χ1n) is 10.6. The fraction of sp³-hybridized carbons (Fsp3) is 0.524. The molecule has 10 heteroatoms. The van der Waals surface area contributed by atoms with E-state index in [4.69, 9.17) is 16.1 Å². The Morgan fingerprint density at radius 3 is 2.74 bits per heavy atom. The number of nitrogens with zero attached hydrogens (tertiary/aromatic N) is 5. The molecular weight excluding hydrogens is 418 g/mol. The fourth-order valence-electron chi connectivity index (χ4n) is 3.32. The van der Waals surface area contributed by atoms with Crippen LogP contribution in [0.5, 0.6) is 0 Å². The highest BCUT2D eigenvalue weighted by molar-refractivity contribution is 6.30. The number of carbonyl (C=O) groups is 1. The fourth-order valence-corrected chi connectivity index (χ4v) is 3.51. The van der Waals surface area contributed by atoms with Gasteiger partial charge in [0.05, 0.1) is 6.54 Å². The van der Waals surface area contributed by atoms with E-state index in [2.05, 4.69) is 35.6 Å². The highest BCUT2D eigenvalue weighted by atomic mass is 35.5. The van der Waals surface area contributed by atoms with Gasteiger partial charge in [-0.3, -0.25) is 9.69 Å². The molecule has 0 spiro atoms. The highest BCUT2D eigenvalue weighted by Gasteiger charge is 2.21. The van der Waals surface area contributed by atoms with Gasteiger partial charge in [0.2, 0.25) is 17.6 Å². The summed E-state index contributed by atoms with van der Waals surface area (Å²) in [5, 5.41) is 10.9. The van der Waals surface area contributed by atoms with Gasteiger partial charge in [0.25, 0.3) is 0 Å². The van der Waals surface area contributed by atoms with E-state index in [9.17, 15) is 4.79 Å². The number of hydrogen-bond acceptors (Lipinski definition) is 6. The third-order valence-electron chi connectivity index (χ3n) is 4.74. The summed E-state index contributed by atoms with van der Waals surface area (Å²) >= 11 is 6.04. The molecule has 3 rings (SSSR count). The number of piperazine rings is 1. The molecule has 0 radical (unpaired) electrons. The lowest BCUT2D eigenvalue weighted by molar-refractivity contribution is -0.123. The zero-order valence-electron chi connectivity index (χ0n) is 18.3. The van der Waals surface area contributed by atoms with Gasteiger partial charge in [-0.25, -0.2) is 4.99 Å². The van der Waals surface area contributed by atoms with Crippen LogP contribution < -0.4 is 10.6 Å². The Labute approximate surface area is 187 Å². The molecule has 1 aromatic heterocycles. The zero-order chi connectivity index (χ0) is 22.2. The van der Waals surface area contributed by atoms with Gasteiger partial charge in [-0.2, -0.15) is 4.98 Å². The minimum Gasteiger partial charge on any atom is -0.357 e. The Balaban J connectivity index is 1.57. The van der Waals surface area contributed by atoms with Crippen molar-refractivity contribution in [1.82, 2.24) is 30.6 Å². The number of guanidine groups is 1. The quantitative estimate of drug-likeness (QED) is 0.494. The maximum absolute atomic E-state index is 12.0. The number of amides is 1. The van der Waals surface area contributed by atoms with Gasteiger partial charge in [-0.1, -0.05) is 28.9 Å². The molecule has 0 bridgehead atoms. The van der Waals surface area contributed by atoms with Crippen molar-refractivity contribution in [2.24, 2.45) is 4.99 Å². The standard InChI is InChI=1S/C21H30ClN7O2/c1-4-23-21(29-10-8-28(9-11-29)14-18(30)25-15(2)3)24-13-19-26-20(27-31-19)16-6-5-7-17(22)12-16/h5-7,12,15H,4,8-11,13-14H2,1-3H3,(H,23,24)(H,25,30). The van der Waals surface area contributed by atoms with Gasteiger partial charge >= 0.3 is 0 Å². The van der Waals surface area contributed by atoms with Gasteiger partial charge in [-0.05, 0) is 32.9 Å². The SMILES string of the molecule is CCNC(=NCc1nc(-c2cccc(Cl)c2)no1)N1CCN(CC(=O)NC(C)C)CC1. The lowest BCUT2D eigenvalue weighted by Gasteiger charge is -2.36. The van der Waals surface area contributed by atoms with E-state index in [1.807, 2.05) is 32.9 Å². The summed E-state index contributed by atoms with van der Waals surface area (Å²) in [5.74, 6) is 1.80. The van der Waals surface area contributed by atoms with Crippen molar-refractivity contribution < 1.29 is 9.32 Å². The molecule has 1 saturated heterocycles. The van der Waals surface area contributed by atoms with Crippen LogP contribution in [0, 0.1) is 0 Å². The van der Waals surface area contributed by atoms with E-state index in [0.29, 0.717) is 23.3 Å². The molecule has 9 nitrogen and oxygen atoms in total. The van der Waals surface area contributed by atoms with E-state index in [1.54, 1.807) is 12.1 Å². The van der Waals surface area contributed by atoms with Gasteiger partial charge in [-0.15, -0.1) is 0 Å². The first-order valence-corrected chi connectivity index (χ1v) is 11.0. The number of hydrogen-bond donors (Lipinski definition) is 2. The van der Waals surface area contributed by atoms with Crippen molar-refractivity contribution in [3.63, 3.8) is 0 Å². The predicted molar refractivity (Wildman–Crippen MR) is 121 cm³/mol. The van der Waals surface area contributed by atoms with E-state index in [1.165, 1.54) is 0 Å². The molecule has 2 aromatic rings. The topological polar surface area (TPSA) is 98.9 Å². The third kappa shape index (κ3) is 6.93. The van der Waals surface area contributed by atoms with E-state index < -0.39 is 0 Å². The molecular formula is C21H30ClN7O2. The summed E-state index contributed by atoms with van der Waals surface area (Å²) < 4.78 is 5.36. The average Bonchev–Trinajstić information content (AvgIpc) is 3.20. The Morgan fingerprint density at radius 1 is 1.29 bits per heavy atom. The van der Waals surface area contributed by atoms with Gasteiger partial charge < -0.3 is 20.1 Å². The van der Waals surface area contributed by atoms with Crippen molar-refractivity contribution in [1.29, 1.82) is 0 Å². The second-order valence-corrected chi connectivity index (χ2v) is 8.11. The number of aromatic nitrogens is 2. The molecule has 1 aliphatic heterocycles. The third-order valence-corrected chi connectivity index (χ3v) is 4.97. The predicted octanol–water partition coefficient (Wildman–Crippen LogP) is 2.00. The van der Waals surface area contributed by atoms with E-state index in [0.717, 1.165) is 44.2 Å². The van der Waals surface area contributed by atoms with Gasteiger partial charge in [0, 0.05) is 49.4 Å². The molecule has 0 atom stereocenters. The maximum Gasteiger partial charge on any atom is 0.248 e. The molecule has 1 fully saturated rings. The second kappa shape index (κ2) is 11.1. The van der Waals surface area contributed by atoms with Crippen molar-refractivity contribution in [3.05, 3.63) is 35.2 Å². The average molecular weight is 448 g/mol. The van der Waals surface area contributed by atoms with E-state index >= 15 is 0 Å². The minimum atomic E-state index is 0.0657. The Hall–Kier alpha value is -2.65. The van der Waals surface area contributed by atoms with Gasteiger partial charge in [0.15, 0.2) is 5.96 Å². The molecule has 31 heavy (non-hydrogen) atoms. The first-order chi connectivity index (χ1) is 14.9. The number of benzene rings is 1. The van der Waals surface area contributed by atoms with Crippen LogP contribution in [0.25, 0.3) is 11.4 Å². The van der Waals surface area contributed by atoms with Crippen LogP contribution >= 0.6 is 11.6 Å². The smallest absolute Gasteiger partial charge is 0.248 e. The number of carbonyl (C=O) groups excluding carboxylic acids is 1. The second-order valence-electron chi connectivity index (χ2n) is 7.68. The maximum atomic E-state index is 12.0. The number of aliphatic imine (C=N–C) groups is 1. The Morgan fingerprint density at radius 2 is 2.06 bits per heavy atom. The Kier molecular flexibility index (Phi) is 8.25. The molecule has 0 unspecified atom stereocenters. The monoisotopic (exact) mass is 447 g/mol. The first kappa shape index (κ1) is 23.0. The van der Waals surface area contributed by atoms with Crippen LogP contribution in [0.4, 0.5) is 0 Å². The summed E-state index contributed by atoms with van der Waals surface area (Å²) in [6, 6.07) is 7.49. The molecule has 2 heterocycles. The van der Waals surface area contributed by atoms with E-state index in [-0.39, 0.29) is 18.5 Å². The lowest BCUT2D eigenvalue weighted by Crippen LogP contribution is -2.54. The summed E-state index contributed by atoms with van der Waals surface area (Å²) in [7, 11) is 0. The number of halogens is 1. The van der Waals surface area contributed by atoms with Crippen LogP contribution in [-0.4, -0.2) is 77.1 Å². The van der Waals surface area contributed by atoms with Crippen molar-refractivity contribution in [3.8, 4) is 11.4 Å². The van der Waals surface area contributed by atoms with Gasteiger partial charge in [0.1, 0.15) is 6.54 Å². The summed E-state index contributed by atoms with van der Waals surface area (Å²) in [4.78, 5) is 25.4. The molecule has 1 aliphatic rings. The largest absolute Gasteiger partial charge is 0.357 e. The van der Waals surface area contributed by atoms with Crippen LogP contribution in [0.15, 0.2) is 33.8 Å². The van der Waals surface area contributed by atoms with Crippen LogP contribution in [-0.2, 0) is 11.3 Å². The summed E-state index contributed by atoms with van der Waals surface area (Å²) in [6.45, 7) is 10.6. The molecule has 168 valence electrons. The van der Waals surface area contributed by atoms with Crippen LogP contribution in [0.2, 0.25) is 5.02 Å². The van der Waals surface area contributed by atoms with Crippen molar-refractivity contribution in [2.45, 2.75) is 33.4 Å². The molecule has 1 aromatic carbocycles. The number of rotatable bonds is 7. The van der Waals surface area contributed by atoms with Crippen molar-refractivity contribution in [2.75, 3.05) is 39.3 Å². The summed E-state index contributed by atoms with van der Waals surface area (Å²) in [5.41, 5.74) is 0.802. The normalized spacial score (nSPS) is 15.4. The van der Waals surface area contributed by atoms with Crippen molar-refractivity contribution >= 4 is 23.5 Å². The summed E-state index contributed by atoms with van der Waals surface area (Å²) in [6.07, 6.45) is 0. The van der Waals surface area contributed by atoms with Crippen LogP contribution in [0.1, 0.15) is 26.7 Å². The molecule has 2 N–H and O–H groups in total. The molecule has 1 amide bonds. The van der Waals surface area contributed by atoms with Crippen LogP contribution in [0.3, 0.4) is 0 Å². The number of nitrogens with one attached hydrogen (secondary N) is 2. The highest BCUT2D eigenvalue weighted by Crippen LogP contribution is 2.20. The molecule has 0 aliphatic carbocycles.